The lowest BCUT2D eigenvalue weighted by molar-refractivity contribution is 0.626. The zero-order valence-electron chi connectivity index (χ0n) is 11.0. The molecule has 2 nitrogen and oxygen atoms in total. The van der Waals surface area contributed by atoms with E-state index in [9.17, 15) is 8.78 Å². The predicted octanol–water partition coefficient (Wildman–Crippen LogP) is 5.40. The van der Waals surface area contributed by atoms with Crippen LogP contribution in [0.5, 0.6) is 0 Å². The molecule has 0 fully saturated rings. The van der Waals surface area contributed by atoms with Gasteiger partial charge < -0.3 is 5.32 Å². The molecule has 0 aliphatic heterocycles. The topological polar surface area (TPSA) is 24.9 Å². The van der Waals surface area contributed by atoms with Crippen molar-refractivity contribution in [2.45, 2.75) is 13.0 Å². The zero-order valence-corrected chi connectivity index (χ0v) is 12.6. The molecule has 1 atom stereocenters. The van der Waals surface area contributed by atoms with Gasteiger partial charge in [-0.3, -0.25) is 0 Å². The maximum absolute atomic E-state index is 13.4. The van der Waals surface area contributed by atoms with Gasteiger partial charge in [0, 0.05) is 0 Å². The standard InChI is InChI=1S/C15H11ClF2N2S/c1-8(9-2-4-10(17)5-3-9)19-15-20-13-6-11(16)12(18)7-14(13)21-15/h2-8H,1H3,(H,19,20)/t8-/m1/s1. The second kappa shape index (κ2) is 5.58. The van der Waals surface area contributed by atoms with Gasteiger partial charge in [0.1, 0.15) is 11.6 Å². The first-order valence-electron chi connectivity index (χ1n) is 6.30. The van der Waals surface area contributed by atoms with Crippen LogP contribution < -0.4 is 5.32 Å². The summed E-state index contributed by atoms with van der Waals surface area (Å²) in [6.07, 6.45) is 0. The number of aromatic nitrogens is 1. The highest BCUT2D eigenvalue weighted by Gasteiger charge is 2.11. The molecule has 108 valence electrons. The van der Waals surface area contributed by atoms with E-state index in [0.29, 0.717) is 10.6 Å². The van der Waals surface area contributed by atoms with Crippen LogP contribution in [0.25, 0.3) is 10.2 Å². The maximum Gasteiger partial charge on any atom is 0.184 e. The van der Waals surface area contributed by atoms with E-state index in [0.717, 1.165) is 10.3 Å². The molecule has 2 aromatic carbocycles. The van der Waals surface area contributed by atoms with Crippen LogP contribution in [0.4, 0.5) is 13.9 Å². The van der Waals surface area contributed by atoms with Crippen LogP contribution in [0, 0.1) is 11.6 Å². The summed E-state index contributed by atoms with van der Waals surface area (Å²) < 4.78 is 27.1. The molecule has 21 heavy (non-hydrogen) atoms. The smallest absolute Gasteiger partial charge is 0.184 e. The van der Waals surface area contributed by atoms with Crippen LogP contribution in [-0.2, 0) is 0 Å². The van der Waals surface area contributed by atoms with Gasteiger partial charge in [-0.1, -0.05) is 35.1 Å². The van der Waals surface area contributed by atoms with Gasteiger partial charge in [0.25, 0.3) is 0 Å². The molecule has 0 saturated heterocycles. The van der Waals surface area contributed by atoms with E-state index in [1.165, 1.54) is 35.6 Å². The molecule has 0 bridgehead atoms. The van der Waals surface area contributed by atoms with Gasteiger partial charge in [-0.05, 0) is 36.8 Å². The Kier molecular flexibility index (Phi) is 3.78. The third-order valence-corrected chi connectivity index (χ3v) is 4.38. The largest absolute Gasteiger partial charge is 0.355 e. The average molecular weight is 325 g/mol. The molecule has 1 N–H and O–H groups in total. The number of hydrogen-bond donors (Lipinski definition) is 1. The van der Waals surface area contributed by atoms with E-state index >= 15 is 0 Å². The van der Waals surface area contributed by atoms with Crippen LogP contribution in [0.2, 0.25) is 5.02 Å². The van der Waals surface area contributed by atoms with E-state index in [2.05, 4.69) is 10.3 Å². The minimum atomic E-state index is -0.453. The molecular formula is C15H11ClF2N2S. The average Bonchev–Trinajstić information content (AvgIpc) is 2.81. The number of rotatable bonds is 3. The van der Waals surface area contributed by atoms with Crippen molar-refractivity contribution < 1.29 is 8.78 Å². The molecule has 0 unspecified atom stereocenters. The van der Waals surface area contributed by atoms with Crippen LogP contribution >= 0.6 is 22.9 Å². The quantitative estimate of drug-likeness (QED) is 0.697. The van der Waals surface area contributed by atoms with E-state index in [1.54, 1.807) is 12.1 Å². The number of fused-ring (bicyclic) bond motifs is 1. The summed E-state index contributed by atoms with van der Waals surface area (Å²) in [6.45, 7) is 1.95. The van der Waals surface area contributed by atoms with Gasteiger partial charge in [-0.25, -0.2) is 13.8 Å². The number of nitrogens with one attached hydrogen (secondary N) is 1. The van der Waals surface area contributed by atoms with E-state index < -0.39 is 5.82 Å². The highest BCUT2D eigenvalue weighted by atomic mass is 35.5. The van der Waals surface area contributed by atoms with Crippen molar-refractivity contribution in [1.82, 2.24) is 4.98 Å². The highest BCUT2D eigenvalue weighted by molar-refractivity contribution is 7.22. The highest BCUT2D eigenvalue weighted by Crippen LogP contribution is 2.31. The van der Waals surface area contributed by atoms with E-state index in [4.69, 9.17) is 11.6 Å². The molecule has 3 rings (SSSR count). The second-order valence-corrected chi connectivity index (χ2v) is 6.11. The molecule has 1 heterocycles. The van der Waals surface area contributed by atoms with Gasteiger partial charge in [-0.2, -0.15) is 0 Å². The Morgan fingerprint density at radius 2 is 1.90 bits per heavy atom. The summed E-state index contributed by atoms with van der Waals surface area (Å²) >= 11 is 7.10. The van der Waals surface area contributed by atoms with Crippen LogP contribution in [0.1, 0.15) is 18.5 Å². The second-order valence-electron chi connectivity index (χ2n) is 4.67. The van der Waals surface area contributed by atoms with Crippen molar-refractivity contribution in [3.63, 3.8) is 0 Å². The van der Waals surface area contributed by atoms with Gasteiger partial charge in [0.2, 0.25) is 0 Å². The maximum atomic E-state index is 13.4. The van der Waals surface area contributed by atoms with E-state index in [-0.39, 0.29) is 16.9 Å². The Morgan fingerprint density at radius 1 is 1.19 bits per heavy atom. The first-order chi connectivity index (χ1) is 10.0. The van der Waals surface area contributed by atoms with E-state index in [1.807, 2.05) is 6.92 Å². The SMILES string of the molecule is C[C@@H](Nc1nc2cc(Cl)c(F)cc2s1)c1ccc(F)cc1. The minimum absolute atomic E-state index is 0.0357. The molecule has 0 radical (unpaired) electrons. The van der Waals surface area contributed by atoms with Crippen molar-refractivity contribution in [2.24, 2.45) is 0 Å². The van der Waals surface area contributed by atoms with Crippen LogP contribution in [-0.4, -0.2) is 4.98 Å². The van der Waals surface area contributed by atoms with Crippen molar-refractivity contribution in [3.05, 3.63) is 58.6 Å². The molecule has 3 aromatic rings. The van der Waals surface area contributed by atoms with Gasteiger partial charge in [-0.15, -0.1) is 0 Å². The van der Waals surface area contributed by atoms with Crippen molar-refractivity contribution in [2.75, 3.05) is 5.32 Å². The summed E-state index contributed by atoms with van der Waals surface area (Å²) in [7, 11) is 0. The molecule has 6 heteroatoms. The summed E-state index contributed by atoms with van der Waals surface area (Å²) in [5, 5.41) is 3.96. The molecule has 0 saturated carbocycles. The molecule has 0 aliphatic rings. The number of thiazole rings is 1. The third kappa shape index (κ3) is 2.99. The lowest BCUT2D eigenvalue weighted by atomic mass is 10.1. The van der Waals surface area contributed by atoms with Crippen molar-refractivity contribution >= 4 is 38.3 Å². The minimum Gasteiger partial charge on any atom is -0.355 e. The Bertz CT molecular complexity index is 747. The number of hydrogen-bond acceptors (Lipinski definition) is 3. The first-order valence-corrected chi connectivity index (χ1v) is 7.50. The summed E-state index contributed by atoms with van der Waals surface area (Å²) in [4.78, 5) is 4.38. The summed E-state index contributed by atoms with van der Waals surface area (Å²) in [5.41, 5.74) is 1.60. The van der Waals surface area contributed by atoms with Gasteiger partial charge >= 0.3 is 0 Å². The molecule has 0 spiro atoms. The fourth-order valence-corrected chi connectivity index (χ4v) is 3.12. The fraction of sp³-hybridized carbons (Fsp3) is 0.133. The number of anilines is 1. The third-order valence-electron chi connectivity index (χ3n) is 3.14. The lowest BCUT2D eigenvalue weighted by Crippen LogP contribution is -2.06. The zero-order chi connectivity index (χ0) is 15.0. The summed E-state index contributed by atoms with van der Waals surface area (Å²) in [6, 6.07) is 9.13. The Morgan fingerprint density at radius 3 is 2.62 bits per heavy atom. The monoisotopic (exact) mass is 324 g/mol. The number of halogens is 3. The fourth-order valence-electron chi connectivity index (χ4n) is 2.01. The Labute approximate surface area is 129 Å². The number of benzene rings is 2. The predicted molar refractivity (Wildman–Crippen MR) is 83.0 cm³/mol. The van der Waals surface area contributed by atoms with Crippen LogP contribution in [0.15, 0.2) is 36.4 Å². The Hall–Kier alpha value is -1.72. The van der Waals surface area contributed by atoms with Gasteiger partial charge in [0.05, 0.1) is 21.3 Å². The van der Waals surface area contributed by atoms with Crippen LogP contribution in [0.3, 0.4) is 0 Å². The molecule has 1 aromatic heterocycles. The first kappa shape index (κ1) is 14.2. The van der Waals surface area contributed by atoms with Crippen molar-refractivity contribution in [1.29, 1.82) is 0 Å². The molecular weight excluding hydrogens is 314 g/mol. The normalized spacial score (nSPS) is 12.6. The molecule has 0 aliphatic carbocycles. The Balaban J connectivity index is 1.85. The van der Waals surface area contributed by atoms with Crippen molar-refractivity contribution in [3.8, 4) is 0 Å². The molecule has 0 amide bonds. The van der Waals surface area contributed by atoms with Gasteiger partial charge in [0.15, 0.2) is 5.13 Å². The summed E-state index contributed by atoms with van der Waals surface area (Å²) in [5.74, 6) is -0.720. The lowest BCUT2D eigenvalue weighted by Gasteiger charge is -2.12. The number of nitrogens with zero attached hydrogens (tertiary/aromatic N) is 1.